The van der Waals surface area contributed by atoms with Crippen LogP contribution >= 0.6 is 0 Å². The first-order valence-corrected chi connectivity index (χ1v) is 10.4. The number of aliphatic hydroxyl groups is 1. The number of fused-ring (bicyclic) bond motifs is 1. The predicted molar refractivity (Wildman–Crippen MR) is 112 cm³/mol. The van der Waals surface area contributed by atoms with E-state index in [9.17, 15) is 46.5 Å². The number of benzene rings is 2. The van der Waals surface area contributed by atoms with Crippen LogP contribution in [0.4, 0.5) is 26.3 Å². The maximum Gasteiger partial charge on any atom is 0.416 e. The van der Waals surface area contributed by atoms with Crippen LogP contribution in [0.1, 0.15) is 29.0 Å². The summed E-state index contributed by atoms with van der Waals surface area (Å²) in [4.78, 5) is 14.6. The molecule has 2 aromatic carbocycles. The van der Waals surface area contributed by atoms with Crippen molar-refractivity contribution in [2.45, 2.75) is 30.7 Å². The number of phenolic OH excluding ortho intramolecular Hbond substituents is 2. The molecule has 0 saturated carbocycles. The molecule has 1 fully saturated rings. The second-order valence-electron chi connectivity index (χ2n) is 8.43. The van der Waals surface area contributed by atoms with E-state index in [1.807, 2.05) is 0 Å². The van der Waals surface area contributed by atoms with Gasteiger partial charge in [-0.3, -0.25) is 4.79 Å². The van der Waals surface area contributed by atoms with Gasteiger partial charge in [0.15, 0.2) is 5.43 Å². The van der Waals surface area contributed by atoms with Crippen molar-refractivity contribution >= 4 is 11.0 Å². The fourth-order valence-electron chi connectivity index (χ4n) is 4.53. The quantitative estimate of drug-likeness (QED) is 0.449. The number of likely N-dealkylation sites (tertiary alicyclic amines) is 1. The van der Waals surface area contributed by atoms with E-state index in [-0.39, 0.29) is 23.8 Å². The molecule has 0 radical (unpaired) electrons. The van der Waals surface area contributed by atoms with Crippen molar-refractivity contribution in [3.05, 3.63) is 57.2 Å². The molecule has 12 heteroatoms. The van der Waals surface area contributed by atoms with Gasteiger partial charge in [-0.05, 0) is 38.2 Å². The smallest absolute Gasteiger partial charge is 0.416 e. The molecule has 0 amide bonds. The van der Waals surface area contributed by atoms with Gasteiger partial charge in [-0.25, -0.2) is 0 Å². The van der Waals surface area contributed by atoms with E-state index < -0.39 is 69.1 Å². The van der Waals surface area contributed by atoms with Crippen molar-refractivity contribution in [3.63, 3.8) is 0 Å². The maximum atomic E-state index is 13.3. The second kappa shape index (κ2) is 8.45. The van der Waals surface area contributed by atoms with Crippen molar-refractivity contribution < 1.29 is 46.1 Å². The lowest BCUT2D eigenvalue weighted by Crippen LogP contribution is -2.32. The van der Waals surface area contributed by atoms with Gasteiger partial charge in [-0.15, -0.1) is 0 Å². The van der Waals surface area contributed by atoms with Gasteiger partial charge < -0.3 is 24.6 Å². The van der Waals surface area contributed by atoms with Crippen LogP contribution in [-0.2, 0) is 12.4 Å². The van der Waals surface area contributed by atoms with Gasteiger partial charge in [0.05, 0.1) is 17.7 Å². The number of hydrogen-bond donors (Lipinski definition) is 3. The van der Waals surface area contributed by atoms with E-state index in [1.54, 1.807) is 11.9 Å². The number of rotatable bonds is 3. The minimum atomic E-state index is -5.11. The van der Waals surface area contributed by atoms with Gasteiger partial charge in [0.1, 0.15) is 28.2 Å². The summed E-state index contributed by atoms with van der Waals surface area (Å²) in [5, 5.41) is 30.3. The Balaban J connectivity index is 2.02. The molecule has 1 aliphatic heterocycles. The monoisotopic (exact) mass is 503 g/mol. The first-order valence-electron chi connectivity index (χ1n) is 10.4. The average Bonchev–Trinajstić information content (AvgIpc) is 3.11. The summed E-state index contributed by atoms with van der Waals surface area (Å²) in [5.41, 5.74) is -5.15. The number of halogens is 6. The lowest BCUT2D eigenvalue weighted by molar-refractivity contribution is -0.143. The summed E-state index contributed by atoms with van der Waals surface area (Å²) in [5.74, 6) is -2.38. The fourth-order valence-corrected chi connectivity index (χ4v) is 4.53. The van der Waals surface area contributed by atoms with E-state index >= 15 is 0 Å². The third kappa shape index (κ3) is 4.43. The molecule has 2 atom stereocenters. The zero-order chi connectivity index (χ0) is 25.9. The van der Waals surface area contributed by atoms with E-state index in [0.29, 0.717) is 31.2 Å². The molecule has 0 unspecified atom stereocenters. The van der Waals surface area contributed by atoms with E-state index in [2.05, 4.69) is 0 Å². The average molecular weight is 503 g/mol. The minimum absolute atomic E-state index is 0.0168. The third-order valence-corrected chi connectivity index (χ3v) is 6.25. The van der Waals surface area contributed by atoms with E-state index in [4.69, 9.17) is 4.42 Å². The first-order chi connectivity index (χ1) is 16.2. The van der Waals surface area contributed by atoms with Crippen LogP contribution in [0.2, 0.25) is 0 Å². The fraction of sp³-hybridized carbons (Fsp3) is 0.348. The molecule has 1 aliphatic rings. The number of alkyl halides is 6. The molecule has 35 heavy (non-hydrogen) atoms. The largest absolute Gasteiger partial charge is 0.507 e. The highest BCUT2D eigenvalue weighted by molar-refractivity contribution is 5.89. The zero-order valence-electron chi connectivity index (χ0n) is 18.0. The van der Waals surface area contributed by atoms with Gasteiger partial charge in [0.25, 0.3) is 0 Å². The SMILES string of the molecule is CN1CC[C@H](c2c(O)cc(O)c3c(=O)cc(-c4cc(C(F)(F)F)cc(C(F)(F)F)c4)oc23)[C@H]1CO. The molecule has 0 spiro atoms. The molecule has 1 saturated heterocycles. The van der Waals surface area contributed by atoms with E-state index in [0.717, 1.165) is 6.07 Å². The van der Waals surface area contributed by atoms with Crippen molar-refractivity contribution in [2.24, 2.45) is 0 Å². The van der Waals surface area contributed by atoms with Crippen LogP contribution < -0.4 is 5.43 Å². The lowest BCUT2D eigenvalue weighted by Gasteiger charge is -2.24. The molecule has 188 valence electrons. The lowest BCUT2D eigenvalue weighted by atomic mass is 9.89. The molecule has 2 heterocycles. The molecular formula is C23H19F6NO5. The van der Waals surface area contributed by atoms with Gasteiger partial charge in [-0.2, -0.15) is 26.3 Å². The molecule has 0 bridgehead atoms. The second-order valence-corrected chi connectivity index (χ2v) is 8.43. The number of aromatic hydroxyl groups is 2. The normalized spacial score (nSPS) is 19.5. The van der Waals surface area contributed by atoms with Crippen molar-refractivity contribution in [1.82, 2.24) is 4.90 Å². The van der Waals surface area contributed by atoms with Crippen molar-refractivity contribution in [1.29, 1.82) is 0 Å². The molecule has 0 aliphatic carbocycles. The summed E-state index contributed by atoms with van der Waals surface area (Å²) in [6.07, 6.45) is -9.83. The maximum absolute atomic E-state index is 13.3. The first kappa shape index (κ1) is 24.9. The Hall–Kier alpha value is -3.25. The Morgan fingerprint density at radius 1 is 0.971 bits per heavy atom. The Kier molecular flexibility index (Phi) is 6.00. The molecular weight excluding hydrogens is 484 g/mol. The molecule has 4 rings (SSSR count). The number of hydrogen-bond acceptors (Lipinski definition) is 6. The number of phenols is 2. The zero-order valence-corrected chi connectivity index (χ0v) is 18.0. The number of aliphatic hydroxyl groups excluding tert-OH is 1. The van der Waals surface area contributed by atoms with Gasteiger partial charge >= 0.3 is 12.4 Å². The standard InChI is InChI=1S/C23H19F6NO5/c1-30-3-2-13(14(30)9-31)19-15(32)7-16(33)20-17(34)8-18(35-21(19)20)10-4-11(22(24,25)26)6-12(5-10)23(27,28)29/h4-8,13-14,31-33H,2-3,9H2,1H3/t13-,14+/m0/s1. The van der Waals surface area contributed by atoms with E-state index in [1.165, 1.54) is 0 Å². The van der Waals surface area contributed by atoms with Crippen molar-refractivity contribution in [2.75, 3.05) is 20.2 Å². The Labute approximate surface area is 193 Å². The van der Waals surface area contributed by atoms with Gasteiger partial charge in [0, 0.05) is 35.2 Å². The summed E-state index contributed by atoms with van der Waals surface area (Å²) < 4.78 is 85.6. The van der Waals surface area contributed by atoms with Crippen LogP contribution in [0, 0.1) is 0 Å². The summed E-state index contributed by atoms with van der Waals surface area (Å²) >= 11 is 0. The van der Waals surface area contributed by atoms with Gasteiger partial charge in [-0.1, -0.05) is 0 Å². The van der Waals surface area contributed by atoms with Crippen LogP contribution in [0.25, 0.3) is 22.3 Å². The molecule has 3 aromatic rings. The Morgan fingerprint density at radius 3 is 2.11 bits per heavy atom. The Morgan fingerprint density at radius 2 is 1.57 bits per heavy atom. The summed E-state index contributed by atoms with van der Waals surface area (Å²) in [6, 6.07) is 1.86. The highest BCUT2D eigenvalue weighted by Gasteiger charge is 2.38. The van der Waals surface area contributed by atoms with Crippen LogP contribution in [0.5, 0.6) is 11.5 Å². The topological polar surface area (TPSA) is 94.1 Å². The van der Waals surface area contributed by atoms with Crippen molar-refractivity contribution in [3.8, 4) is 22.8 Å². The predicted octanol–water partition coefficient (Wildman–Crippen LogP) is 4.69. The molecule has 3 N–H and O–H groups in total. The van der Waals surface area contributed by atoms with Gasteiger partial charge in [0.2, 0.25) is 0 Å². The third-order valence-electron chi connectivity index (χ3n) is 6.25. The number of likely N-dealkylation sites (N-methyl/N-ethyl adjacent to an activating group) is 1. The number of nitrogens with zero attached hydrogens (tertiary/aromatic N) is 1. The summed E-state index contributed by atoms with van der Waals surface area (Å²) in [6.45, 7) is 0.152. The van der Waals surface area contributed by atoms with Crippen LogP contribution in [0.15, 0.2) is 39.5 Å². The van der Waals surface area contributed by atoms with Crippen LogP contribution in [0.3, 0.4) is 0 Å². The Bertz CT molecular complexity index is 1320. The minimum Gasteiger partial charge on any atom is -0.507 e. The molecule has 1 aromatic heterocycles. The highest BCUT2D eigenvalue weighted by atomic mass is 19.4. The van der Waals surface area contributed by atoms with Crippen LogP contribution in [-0.4, -0.2) is 46.5 Å². The summed E-state index contributed by atoms with van der Waals surface area (Å²) in [7, 11) is 1.71. The molecule has 6 nitrogen and oxygen atoms in total. The highest BCUT2D eigenvalue weighted by Crippen LogP contribution is 2.45.